The Morgan fingerprint density at radius 1 is 1.17 bits per heavy atom. The molecule has 23 heavy (non-hydrogen) atoms. The molecule has 4 unspecified atom stereocenters. The van der Waals surface area contributed by atoms with Crippen LogP contribution < -0.4 is 0 Å². The number of halogens is 3. The Morgan fingerprint density at radius 2 is 1.83 bits per heavy atom. The Hall–Kier alpha value is -0.860. The van der Waals surface area contributed by atoms with Crippen molar-refractivity contribution in [3.05, 3.63) is 32.9 Å². The Bertz CT molecular complexity index is 778. The molecule has 6 nitrogen and oxygen atoms in total. The van der Waals surface area contributed by atoms with E-state index in [2.05, 4.69) is 0 Å². The van der Waals surface area contributed by atoms with Crippen molar-refractivity contribution in [3.8, 4) is 0 Å². The molecule has 2 aromatic rings. The first-order chi connectivity index (χ1) is 10.9. The van der Waals surface area contributed by atoms with Gasteiger partial charge in [-0.3, -0.25) is 4.79 Å². The Labute approximate surface area is 145 Å². The highest BCUT2D eigenvalue weighted by molar-refractivity contribution is 6.43. The van der Waals surface area contributed by atoms with E-state index in [9.17, 15) is 20.1 Å². The van der Waals surface area contributed by atoms with Crippen molar-refractivity contribution in [3.63, 3.8) is 0 Å². The van der Waals surface area contributed by atoms with Gasteiger partial charge in [0.2, 0.25) is 0 Å². The highest BCUT2D eigenvalue weighted by atomic mass is 35.5. The first kappa shape index (κ1) is 17.0. The van der Waals surface area contributed by atoms with Gasteiger partial charge in [-0.05, 0) is 12.1 Å². The van der Waals surface area contributed by atoms with Gasteiger partial charge in [-0.1, -0.05) is 34.8 Å². The molecule has 9 heteroatoms. The smallest absolute Gasteiger partial charge is 0.164 e. The molecule has 0 saturated carbocycles. The quantitative estimate of drug-likeness (QED) is 0.709. The molecule has 3 N–H and O–H groups in total. The minimum Gasteiger partial charge on any atom is -0.394 e. The second-order valence-electron chi connectivity index (χ2n) is 5.20. The third kappa shape index (κ3) is 2.55. The SMILES string of the molecule is O=Cc1c(Cl)n(C2OC(CO)C(O)C2O)c2cc(Cl)c(Cl)cc12. The molecule has 0 aliphatic carbocycles. The number of carbonyl (C=O) groups excluding carboxylic acids is 1. The summed E-state index contributed by atoms with van der Waals surface area (Å²) in [7, 11) is 0. The molecular formula is C14H12Cl3NO5. The predicted octanol–water partition coefficient (Wildman–Crippen LogP) is 2.03. The molecule has 0 radical (unpaired) electrons. The van der Waals surface area contributed by atoms with Crippen LogP contribution in [0.25, 0.3) is 10.9 Å². The second kappa shape index (κ2) is 6.22. The van der Waals surface area contributed by atoms with Crippen molar-refractivity contribution in [2.75, 3.05) is 6.61 Å². The van der Waals surface area contributed by atoms with Crippen LogP contribution in [0.3, 0.4) is 0 Å². The van der Waals surface area contributed by atoms with Crippen LogP contribution in [0.5, 0.6) is 0 Å². The Kier molecular flexibility index (Phi) is 4.59. The van der Waals surface area contributed by atoms with Gasteiger partial charge in [-0.25, -0.2) is 0 Å². The van der Waals surface area contributed by atoms with Gasteiger partial charge in [0.05, 0.1) is 27.7 Å². The predicted molar refractivity (Wildman–Crippen MR) is 85.4 cm³/mol. The van der Waals surface area contributed by atoms with E-state index in [0.717, 1.165) is 0 Å². The molecular weight excluding hydrogens is 369 g/mol. The number of aldehydes is 1. The highest BCUT2D eigenvalue weighted by Crippen LogP contribution is 2.40. The van der Waals surface area contributed by atoms with E-state index in [1.807, 2.05) is 0 Å². The number of rotatable bonds is 3. The third-order valence-electron chi connectivity index (χ3n) is 3.91. The van der Waals surface area contributed by atoms with Gasteiger partial charge in [0.1, 0.15) is 23.5 Å². The lowest BCUT2D eigenvalue weighted by atomic mass is 10.1. The fourth-order valence-electron chi connectivity index (χ4n) is 2.75. The summed E-state index contributed by atoms with van der Waals surface area (Å²) in [6.45, 7) is -0.474. The maximum atomic E-state index is 11.4. The number of carbonyl (C=O) groups is 1. The van der Waals surface area contributed by atoms with E-state index in [4.69, 9.17) is 39.5 Å². The lowest BCUT2D eigenvalue weighted by Gasteiger charge is -2.19. The lowest BCUT2D eigenvalue weighted by molar-refractivity contribution is -0.0505. The molecule has 4 atom stereocenters. The van der Waals surface area contributed by atoms with Crippen LogP contribution in [0.15, 0.2) is 12.1 Å². The maximum Gasteiger partial charge on any atom is 0.164 e. The minimum absolute atomic E-state index is 0.0168. The van der Waals surface area contributed by atoms with Crippen LogP contribution in [0.1, 0.15) is 16.6 Å². The Morgan fingerprint density at radius 3 is 2.39 bits per heavy atom. The van der Waals surface area contributed by atoms with Crippen molar-refractivity contribution in [2.45, 2.75) is 24.5 Å². The molecule has 2 heterocycles. The van der Waals surface area contributed by atoms with Crippen molar-refractivity contribution < 1.29 is 24.9 Å². The van der Waals surface area contributed by atoms with Crippen LogP contribution in [0.4, 0.5) is 0 Å². The Balaban J connectivity index is 2.24. The number of benzene rings is 1. The van der Waals surface area contributed by atoms with Crippen molar-refractivity contribution in [2.24, 2.45) is 0 Å². The zero-order chi connectivity index (χ0) is 16.9. The zero-order valence-corrected chi connectivity index (χ0v) is 13.8. The molecule has 1 saturated heterocycles. The van der Waals surface area contributed by atoms with Crippen molar-refractivity contribution >= 4 is 52.0 Å². The van der Waals surface area contributed by atoms with Gasteiger partial charge >= 0.3 is 0 Å². The largest absolute Gasteiger partial charge is 0.394 e. The summed E-state index contributed by atoms with van der Waals surface area (Å²) in [6, 6.07) is 2.99. The average Bonchev–Trinajstić information content (AvgIpc) is 2.94. The second-order valence-corrected chi connectivity index (χ2v) is 6.38. The number of ether oxygens (including phenoxy) is 1. The van der Waals surface area contributed by atoms with E-state index < -0.39 is 31.1 Å². The van der Waals surface area contributed by atoms with Crippen LogP contribution >= 0.6 is 34.8 Å². The van der Waals surface area contributed by atoms with Gasteiger partial charge in [0.15, 0.2) is 12.5 Å². The maximum absolute atomic E-state index is 11.4. The lowest BCUT2D eigenvalue weighted by Crippen LogP contribution is -2.33. The normalized spacial score (nSPS) is 27.7. The molecule has 1 aliphatic rings. The first-order valence-electron chi connectivity index (χ1n) is 6.66. The topological polar surface area (TPSA) is 91.9 Å². The fourth-order valence-corrected chi connectivity index (χ4v) is 3.41. The van der Waals surface area contributed by atoms with Gasteiger partial charge < -0.3 is 24.6 Å². The standard InChI is InChI=1S/C14H12Cl3NO5/c15-7-1-5-6(3-19)13(17)18(9(5)2-8(7)16)14-12(22)11(21)10(4-20)23-14/h1-3,10-12,14,20-22H,4H2. The molecule has 0 spiro atoms. The van der Waals surface area contributed by atoms with E-state index in [1.165, 1.54) is 16.7 Å². The van der Waals surface area contributed by atoms with Gasteiger partial charge in [0, 0.05) is 5.39 Å². The molecule has 1 aromatic carbocycles. The summed E-state index contributed by atoms with van der Waals surface area (Å²) in [6.07, 6.45) is -4.11. The highest BCUT2D eigenvalue weighted by Gasteiger charge is 2.44. The number of aliphatic hydroxyl groups is 3. The van der Waals surface area contributed by atoms with Gasteiger partial charge in [0.25, 0.3) is 0 Å². The number of hydrogen-bond donors (Lipinski definition) is 3. The van der Waals surface area contributed by atoms with Crippen molar-refractivity contribution in [1.82, 2.24) is 4.57 Å². The van der Waals surface area contributed by atoms with Gasteiger partial charge in [-0.2, -0.15) is 0 Å². The summed E-state index contributed by atoms with van der Waals surface area (Å²) in [5.41, 5.74) is 0.583. The van der Waals surface area contributed by atoms with E-state index in [0.29, 0.717) is 17.2 Å². The summed E-state index contributed by atoms with van der Waals surface area (Å²) in [5.74, 6) is 0. The molecule has 0 bridgehead atoms. The van der Waals surface area contributed by atoms with E-state index in [1.54, 1.807) is 0 Å². The molecule has 124 valence electrons. The number of hydrogen-bond acceptors (Lipinski definition) is 5. The van der Waals surface area contributed by atoms with Crippen molar-refractivity contribution in [1.29, 1.82) is 0 Å². The number of aromatic nitrogens is 1. The van der Waals surface area contributed by atoms with E-state index >= 15 is 0 Å². The summed E-state index contributed by atoms with van der Waals surface area (Å²) in [4.78, 5) is 11.4. The third-order valence-corrected chi connectivity index (χ3v) is 5.02. The fraction of sp³-hybridized carbons (Fsp3) is 0.357. The van der Waals surface area contributed by atoms with Crippen LogP contribution in [-0.2, 0) is 4.74 Å². The molecule has 0 amide bonds. The molecule has 1 aliphatic heterocycles. The van der Waals surface area contributed by atoms with Crippen LogP contribution in [0.2, 0.25) is 15.2 Å². The number of aliphatic hydroxyl groups excluding tert-OH is 3. The van der Waals surface area contributed by atoms with Crippen LogP contribution in [0, 0.1) is 0 Å². The molecule has 3 rings (SSSR count). The van der Waals surface area contributed by atoms with Gasteiger partial charge in [-0.15, -0.1) is 0 Å². The summed E-state index contributed by atoms with van der Waals surface area (Å²) < 4.78 is 6.83. The molecule has 1 fully saturated rings. The zero-order valence-electron chi connectivity index (χ0n) is 11.5. The summed E-state index contributed by atoms with van der Waals surface area (Å²) >= 11 is 18.3. The summed E-state index contributed by atoms with van der Waals surface area (Å²) in [5, 5.41) is 30.2. The number of nitrogens with zero attached hydrogens (tertiary/aromatic N) is 1. The minimum atomic E-state index is -1.34. The monoisotopic (exact) mass is 379 g/mol. The molecule has 1 aromatic heterocycles. The average molecular weight is 381 g/mol. The first-order valence-corrected chi connectivity index (χ1v) is 7.80. The van der Waals surface area contributed by atoms with E-state index in [-0.39, 0.29) is 20.8 Å². The number of fused-ring (bicyclic) bond motifs is 1. The van der Waals surface area contributed by atoms with Crippen LogP contribution in [-0.4, -0.2) is 51.1 Å².